The number of nitrogens with zero attached hydrogens (tertiary/aromatic N) is 3. The van der Waals surface area contributed by atoms with Gasteiger partial charge in [0.1, 0.15) is 18.0 Å². The standard InChI is InChI=1S/C19H23N3O2S/c1-21-8-7-15-17(21)3-2-4-19(15)24-14-5-9-22(10-6-14)11-18(23)16-12-25-13-20-16/h2-4,7-8,12-14,18,23H,5-6,9-11H2,1H3. The molecule has 132 valence electrons. The van der Waals surface area contributed by atoms with Crippen molar-refractivity contribution in [2.24, 2.45) is 7.05 Å². The maximum Gasteiger partial charge on any atom is 0.129 e. The number of aliphatic hydroxyl groups is 1. The van der Waals surface area contributed by atoms with E-state index in [0.717, 1.165) is 37.4 Å². The number of benzene rings is 1. The average Bonchev–Trinajstić information content (AvgIpc) is 3.28. The van der Waals surface area contributed by atoms with Gasteiger partial charge in [-0.2, -0.15) is 0 Å². The summed E-state index contributed by atoms with van der Waals surface area (Å²) in [5.74, 6) is 0.971. The van der Waals surface area contributed by atoms with Crippen molar-refractivity contribution in [2.75, 3.05) is 19.6 Å². The Labute approximate surface area is 151 Å². The highest BCUT2D eigenvalue weighted by molar-refractivity contribution is 7.07. The molecule has 1 saturated heterocycles. The Morgan fingerprint density at radius 2 is 2.16 bits per heavy atom. The molecule has 1 aromatic carbocycles. The summed E-state index contributed by atoms with van der Waals surface area (Å²) in [6.45, 7) is 2.53. The molecule has 3 heterocycles. The summed E-state index contributed by atoms with van der Waals surface area (Å²) in [6.07, 6.45) is 3.76. The second-order valence-electron chi connectivity index (χ2n) is 6.66. The minimum Gasteiger partial charge on any atom is -0.490 e. The van der Waals surface area contributed by atoms with Gasteiger partial charge in [-0.25, -0.2) is 4.98 Å². The van der Waals surface area contributed by atoms with Crippen LogP contribution in [-0.4, -0.2) is 45.3 Å². The summed E-state index contributed by atoms with van der Waals surface area (Å²) in [6, 6.07) is 8.34. The van der Waals surface area contributed by atoms with Crippen molar-refractivity contribution in [2.45, 2.75) is 25.0 Å². The van der Waals surface area contributed by atoms with Crippen LogP contribution in [0.15, 0.2) is 41.4 Å². The van der Waals surface area contributed by atoms with Gasteiger partial charge in [-0.15, -0.1) is 11.3 Å². The number of aliphatic hydroxyl groups excluding tert-OH is 1. The van der Waals surface area contributed by atoms with Crippen LogP contribution in [0.4, 0.5) is 0 Å². The molecule has 4 rings (SSSR count). The molecule has 5 nitrogen and oxygen atoms in total. The number of hydrogen-bond donors (Lipinski definition) is 1. The fourth-order valence-corrected chi connectivity index (χ4v) is 4.09. The largest absolute Gasteiger partial charge is 0.490 e. The van der Waals surface area contributed by atoms with Gasteiger partial charge in [0, 0.05) is 43.6 Å². The number of hydrogen-bond acceptors (Lipinski definition) is 5. The van der Waals surface area contributed by atoms with Crippen molar-refractivity contribution in [1.82, 2.24) is 14.5 Å². The van der Waals surface area contributed by atoms with Gasteiger partial charge < -0.3 is 19.3 Å². The third kappa shape index (κ3) is 3.56. The third-order valence-corrected chi connectivity index (χ3v) is 5.54. The van der Waals surface area contributed by atoms with Crippen molar-refractivity contribution in [3.8, 4) is 5.75 Å². The average molecular weight is 357 g/mol. The van der Waals surface area contributed by atoms with Crippen LogP contribution in [0.25, 0.3) is 10.9 Å². The second-order valence-corrected chi connectivity index (χ2v) is 7.38. The Bertz CT molecular complexity index is 822. The van der Waals surface area contributed by atoms with Gasteiger partial charge in [-0.05, 0) is 31.0 Å². The Morgan fingerprint density at radius 1 is 1.32 bits per heavy atom. The van der Waals surface area contributed by atoms with Crippen molar-refractivity contribution >= 4 is 22.2 Å². The van der Waals surface area contributed by atoms with E-state index in [0.29, 0.717) is 6.54 Å². The van der Waals surface area contributed by atoms with E-state index in [2.05, 4.69) is 52.0 Å². The number of aromatic nitrogens is 2. The number of fused-ring (bicyclic) bond motifs is 1. The smallest absolute Gasteiger partial charge is 0.129 e. The van der Waals surface area contributed by atoms with Crippen LogP contribution in [0.5, 0.6) is 5.75 Å². The Kier molecular flexibility index (Phi) is 4.74. The number of thiazole rings is 1. The van der Waals surface area contributed by atoms with Crippen molar-refractivity contribution < 1.29 is 9.84 Å². The number of β-amino-alcohol motifs (C(OH)–C–C–N with tert-alkyl or cyclic N) is 1. The van der Waals surface area contributed by atoms with E-state index in [1.54, 1.807) is 5.51 Å². The molecule has 0 saturated carbocycles. The van der Waals surface area contributed by atoms with Gasteiger partial charge in [0.25, 0.3) is 0 Å². The lowest BCUT2D eigenvalue weighted by Gasteiger charge is -2.33. The molecule has 3 aromatic rings. The van der Waals surface area contributed by atoms with E-state index in [-0.39, 0.29) is 6.10 Å². The quantitative estimate of drug-likeness (QED) is 0.762. The van der Waals surface area contributed by atoms with E-state index in [4.69, 9.17) is 4.74 Å². The summed E-state index contributed by atoms with van der Waals surface area (Å²) < 4.78 is 8.41. The Balaban J connectivity index is 1.34. The van der Waals surface area contributed by atoms with Crippen LogP contribution >= 0.6 is 11.3 Å². The molecule has 1 aliphatic heterocycles. The highest BCUT2D eigenvalue weighted by Gasteiger charge is 2.23. The Hall–Kier alpha value is -1.89. The fourth-order valence-electron chi connectivity index (χ4n) is 3.49. The van der Waals surface area contributed by atoms with Crippen molar-refractivity contribution in [1.29, 1.82) is 0 Å². The molecule has 1 atom stereocenters. The fraction of sp³-hybridized carbons (Fsp3) is 0.421. The third-order valence-electron chi connectivity index (χ3n) is 4.94. The van der Waals surface area contributed by atoms with Crippen LogP contribution in [0.3, 0.4) is 0 Å². The van der Waals surface area contributed by atoms with Gasteiger partial charge in [-0.3, -0.25) is 0 Å². The molecule has 0 spiro atoms. The van der Waals surface area contributed by atoms with E-state index in [1.807, 2.05) is 5.38 Å². The lowest BCUT2D eigenvalue weighted by molar-refractivity contribution is 0.0603. The van der Waals surface area contributed by atoms with Gasteiger partial charge in [0.15, 0.2) is 0 Å². The van der Waals surface area contributed by atoms with Crippen LogP contribution < -0.4 is 4.74 Å². The summed E-state index contributed by atoms with van der Waals surface area (Å²) in [4.78, 5) is 6.50. The molecule has 0 amide bonds. The first kappa shape index (κ1) is 16.6. The van der Waals surface area contributed by atoms with Crippen molar-refractivity contribution in [3.05, 3.63) is 47.0 Å². The molecule has 1 fully saturated rings. The molecular weight excluding hydrogens is 334 g/mol. The highest BCUT2D eigenvalue weighted by atomic mass is 32.1. The lowest BCUT2D eigenvalue weighted by Crippen LogP contribution is -2.40. The zero-order chi connectivity index (χ0) is 17.2. The summed E-state index contributed by atoms with van der Waals surface area (Å²) in [5.41, 5.74) is 3.74. The topological polar surface area (TPSA) is 50.5 Å². The molecule has 0 bridgehead atoms. The predicted molar refractivity (Wildman–Crippen MR) is 100 cm³/mol. The number of rotatable bonds is 5. The molecular formula is C19H23N3O2S. The van der Waals surface area contributed by atoms with Crippen LogP contribution in [-0.2, 0) is 7.05 Å². The predicted octanol–water partition coefficient (Wildman–Crippen LogP) is 3.21. The second kappa shape index (κ2) is 7.15. The van der Waals surface area contributed by atoms with E-state index in [9.17, 15) is 5.11 Å². The summed E-state index contributed by atoms with van der Waals surface area (Å²) in [7, 11) is 2.05. The summed E-state index contributed by atoms with van der Waals surface area (Å²) >= 11 is 1.52. The zero-order valence-corrected chi connectivity index (χ0v) is 15.2. The SMILES string of the molecule is Cn1ccc2c(OC3CCN(CC(O)c4cscn4)CC3)cccc21. The number of likely N-dealkylation sites (tertiary alicyclic amines) is 1. The van der Waals surface area contributed by atoms with Crippen LogP contribution in [0.1, 0.15) is 24.6 Å². The first-order valence-corrected chi connectivity index (χ1v) is 9.64. The minimum atomic E-state index is -0.498. The molecule has 1 aliphatic rings. The number of aryl methyl sites for hydroxylation is 1. The normalized spacial score (nSPS) is 17.8. The molecule has 0 aliphatic carbocycles. The van der Waals surface area contributed by atoms with Gasteiger partial charge in [0.2, 0.25) is 0 Å². The molecule has 2 aromatic heterocycles. The first-order chi connectivity index (χ1) is 12.2. The van der Waals surface area contributed by atoms with Crippen molar-refractivity contribution in [3.63, 3.8) is 0 Å². The lowest BCUT2D eigenvalue weighted by atomic mass is 10.1. The van der Waals surface area contributed by atoms with E-state index in [1.165, 1.54) is 22.2 Å². The number of ether oxygens (including phenoxy) is 1. The van der Waals surface area contributed by atoms with Crippen LogP contribution in [0, 0.1) is 0 Å². The first-order valence-electron chi connectivity index (χ1n) is 8.70. The van der Waals surface area contributed by atoms with Crippen LogP contribution in [0.2, 0.25) is 0 Å². The van der Waals surface area contributed by atoms with E-state index >= 15 is 0 Å². The maximum absolute atomic E-state index is 10.3. The Morgan fingerprint density at radius 3 is 2.92 bits per heavy atom. The van der Waals surface area contributed by atoms with Gasteiger partial charge in [0.05, 0.1) is 16.7 Å². The minimum absolute atomic E-state index is 0.235. The highest BCUT2D eigenvalue weighted by Crippen LogP contribution is 2.29. The zero-order valence-electron chi connectivity index (χ0n) is 14.3. The molecule has 1 N–H and O–H groups in total. The summed E-state index contributed by atoms with van der Waals surface area (Å²) in [5, 5.41) is 13.3. The van der Waals surface area contributed by atoms with Gasteiger partial charge >= 0.3 is 0 Å². The maximum atomic E-state index is 10.3. The van der Waals surface area contributed by atoms with Gasteiger partial charge in [-0.1, -0.05) is 6.07 Å². The number of piperidine rings is 1. The monoisotopic (exact) mass is 357 g/mol. The molecule has 6 heteroatoms. The molecule has 25 heavy (non-hydrogen) atoms. The molecule has 1 unspecified atom stereocenters. The molecule has 0 radical (unpaired) electrons. The van der Waals surface area contributed by atoms with E-state index < -0.39 is 6.10 Å².